The van der Waals surface area contributed by atoms with Gasteiger partial charge in [-0.1, -0.05) is 106 Å². The fraction of sp³-hybridized carbons (Fsp3) is 0.294. The van der Waals surface area contributed by atoms with Crippen LogP contribution in [0.25, 0.3) is 33.4 Å². The molecule has 0 bridgehead atoms. The van der Waals surface area contributed by atoms with Gasteiger partial charge in [-0.25, -0.2) is 37.5 Å². The van der Waals surface area contributed by atoms with E-state index in [0.717, 1.165) is 26.9 Å². The van der Waals surface area contributed by atoms with Gasteiger partial charge >= 0.3 is 7.12 Å². The molecular weight excluding hydrogens is 1330 g/mol. The third kappa shape index (κ3) is 17.3. The van der Waals surface area contributed by atoms with Gasteiger partial charge in [0.25, 0.3) is 0 Å². The second kappa shape index (κ2) is 30.9. The number of rotatable bonds is 14. The van der Waals surface area contributed by atoms with Crippen LogP contribution in [-0.4, -0.2) is 123 Å². The Bertz CT molecular complexity index is 4000. The molecule has 0 unspecified atom stereocenters. The topological polar surface area (TPSA) is 187 Å². The third-order valence-corrected chi connectivity index (χ3v) is 17.2. The van der Waals surface area contributed by atoms with Crippen LogP contribution in [-0.2, 0) is 41.3 Å². The van der Waals surface area contributed by atoms with E-state index in [2.05, 4.69) is 46.5 Å². The Hall–Kier alpha value is -7.93. The van der Waals surface area contributed by atoms with E-state index in [9.17, 15) is 28.0 Å². The van der Waals surface area contributed by atoms with Crippen LogP contribution in [0.1, 0.15) is 63.3 Å². The SMILES string of the molecule is COc1cc(Br)cc(CC(=O)N2C[C@H](F)C[C@H]2C(=O)Nc2cccc(-c3ccccc3Cl)c2F)c1.COc1cc(CC(=O)N2C[C@H](F)C[C@H]2C(=O)Nc2cccc(-c3ccccc3Cl)c2F)cc(-c2cnc(C)nc2)c1.Cc1ncc(B2OC(C)(C)C(C)(C)O2)cn1.S. The van der Waals surface area contributed by atoms with Crippen LogP contribution >= 0.6 is 52.6 Å². The molecule has 5 heterocycles. The van der Waals surface area contributed by atoms with Crippen molar-refractivity contribution in [3.8, 4) is 44.9 Å². The number of anilines is 2. The molecule has 3 fully saturated rings. The predicted molar refractivity (Wildman–Crippen MR) is 361 cm³/mol. The van der Waals surface area contributed by atoms with Gasteiger partial charge in [-0.05, 0) is 113 Å². The van der Waals surface area contributed by atoms with Crippen molar-refractivity contribution >= 4 is 100 Å². The average molecular weight is 1400 g/mol. The van der Waals surface area contributed by atoms with Crippen LogP contribution in [0, 0.1) is 25.5 Å². The number of hydrogen-bond donors (Lipinski definition) is 2. The summed E-state index contributed by atoms with van der Waals surface area (Å²) >= 11 is 15.8. The van der Waals surface area contributed by atoms with E-state index >= 15 is 8.78 Å². The van der Waals surface area contributed by atoms with Crippen LogP contribution in [0.15, 0.2) is 151 Å². The van der Waals surface area contributed by atoms with Gasteiger partial charge in [0.15, 0.2) is 11.6 Å². The summed E-state index contributed by atoms with van der Waals surface area (Å²) in [5, 5.41) is 5.81. The van der Waals surface area contributed by atoms with E-state index in [1.165, 1.54) is 36.2 Å². The van der Waals surface area contributed by atoms with Gasteiger partial charge in [0.2, 0.25) is 23.6 Å². The Morgan fingerprint density at radius 2 is 1.00 bits per heavy atom. The minimum atomic E-state index is -1.39. The quantitative estimate of drug-likeness (QED) is 0.0776. The van der Waals surface area contributed by atoms with Crippen LogP contribution in [0.5, 0.6) is 11.5 Å². The molecule has 8 aromatic rings. The fourth-order valence-corrected chi connectivity index (χ4v) is 11.6. The third-order valence-electron chi connectivity index (χ3n) is 16.1. The number of aryl methyl sites for hydroxylation is 2. The number of halogens is 7. The van der Waals surface area contributed by atoms with E-state index in [0.29, 0.717) is 49.6 Å². The first-order valence-electron chi connectivity index (χ1n) is 29.3. The molecule has 4 atom stereocenters. The van der Waals surface area contributed by atoms with Crippen LogP contribution in [0.2, 0.25) is 10.0 Å². The number of carbonyl (C=O) groups is 4. The maximum Gasteiger partial charge on any atom is 0.498 e. The number of methoxy groups -OCH3 is 2. The number of hydrogen-bond acceptors (Lipinski definition) is 12. The molecule has 0 spiro atoms. The van der Waals surface area contributed by atoms with Gasteiger partial charge in [0.05, 0.1) is 62.7 Å². The lowest BCUT2D eigenvalue weighted by Gasteiger charge is -2.32. The minimum Gasteiger partial charge on any atom is -0.497 e. The molecule has 93 heavy (non-hydrogen) atoms. The monoisotopic (exact) mass is 1390 g/mol. The largest absolute Gasteiger partial charge is 0.498 e. The molecule has 2 N–H and O–H groups in total. The van der Waals surface area contributed by atoms with Crippen molar-refractivity contribution in [2.45, 2.75) is 103 Å². The van der Waals surface area contributed by atoms with E-state index in [1.807, 2.05) is 40.7 Å². The Balaban J connectivity index is 0.000000193. The summed E-state index contributed by atoms with van der Waals surface area (Å²) in [7, 11) is 2.66. The first-order valence-corrected chi connectivity index (χ1v) is 30.9. The predicted octanol–water partition coefficient (Wildman–Crippen LogP) is 13.3. The zero-order valence-corrected chi connectivity index (χ0v) is 56.2. The number of ether oxygens (including phenoxy) is 2. The first kappa shape index (κ1) is 70.9. The fourth-order valence-electron chi connectivity index (χ4n) is 10.6. The lowest BCUT2D eigenvalue weighted by Crippen LogP contribution is -2.44. The lowest BCUT2D eigenvalue weighted by molar-refractivity contribution is -0.136. The minimum absolute atomic E-state index is 0. The summed E-state index contributed by atoms with van der Waals surface area (Å²) in [5.41, 5.74) is 4.22. The zero-order chi connectivity index (χ0) is 66.2. The Morgan fingerprint density at radius 1 is 0.591 bits per heavy atom. The summed E-state index contributed by atoms with van der Waals surface area (Å²) in [6, 6.07) is 31.1. The van der Waals surface area contributed by atoms with Gasteiger partial charge in [0, 0.05) is 85.4 Å². The smallest absolute Gasteiger partial charge is 0.497 e. The number of likely N-dealkylation sites (tertiary alicyclic amines) is 2. The highest BCUT2D eigenvalue weighted by atomic mass is 79.9. The standard InChI is InChI=1S/C31H27ClF2N4O3.C26H22BrClF2N2O3.C11H17BN2O2.H2S/c1-18-35-15-21(16-36-18)20-10-19(11-23(13-20)41-2)12-29(39)38-17-22(33)14-28(38)31(40)37-27-9-5-7-25(30(27)34)24-6-3-4-8-26(24)32;1-35-18-10-15(9-16(27)12-18)11-24(33)32-14-17(29)13-23(32)26(34)31-22-8-4-6-20(25(22)30)19-5-2-3-7-21(19)28;1-8-13-6-9(7-14-8)12-15-10(2,3)11(4,5)16-12;/h3-11,13,15-16,22,28H,12,14,17H2,1-2H3,(H,37,40);2-10,12,17,23H,11,13-14H2,1H3,(H,31,34);6-7H,1-5H3;1H2/t22-,28+;17-,23+;;/m11../s1. The summed E-state index contributed by atoms with van der Waals surface area (Å²) in [5.74, 6) is -1.03. The number of nitrogens with zero attached hydrogens (tertiary/aromatic N) is 6. The Morgan fingerprint density at radius 3 is 1.44 bits per heavy atom. The van der Waals surface area contributed by atoms with Crippen LogP contribution < -0.4 is 25.6 Å². The van der Waals surface area contributed by atoms with Crippen molar-refractivity contribution in [2.24, 2.45) is 0 Å². The number of aromatic nitrogens is 4. The molecule has 0 aliphatic carbocycles. The number of alkyl halides is 2. The number of benzene rings is 6. The van der Waals surface area contributed by atoms with Gasteiger partial charge in [0.1, 0.15) is 47.6 Å². The average Bonchev–Trinajstić information content (AvgIpc) is 1.74. The van der Waals surface area contributed by atoms with Crippen molar-refractivity contribution in [3.63, 3.8) is 0 Å². The summed E-state index contributed by atoms with van der Waals surface area (Å²) in [6.07, 6.45) is 3.64. The highest BCUT2D eigenvalue weighted by Gasteiger charge is 2.52. The van der Waals surface area contributed by atoms with Crippen molar-refractivity contribution < 1.29 is 55.5 Å². The molecule has 25 heteroatoms. The second-order valence-electron chi connectivity index (χ2n) is 23.2. The molecule has 3 aliphatic rings. The number of amides is 4. The van der Waals surface area contributed by atoms with Crippen LogP contribution in [0.3, 0.4) is 0 Å². The van der Waals surface area contributed by atoms with Crippen LogP contribution in [0.4, 0.5) is 28.9 Å². The zero-order valence-electron chi connectivity index (χ0n) is 52.1. The van der Waals surface area contributed by atoms with Gasteiger partial charge in [-0.2, -0.15) is 13.5 Å². The highest BCUT2D eigenvalue weighted by molar-refractivity contribution is 9.10. The maximum atomic E-state index is 15.4. The normalized spacial score (nSPS) is 17.6. The molecule has 486 valence electrons. The molecule has 11 rings (SSSR count). The van der Waals surface area contributed by atoms with E-state index < -0.39 is 59.7 Å². The molecule has 3 saturated heterocycles. The summed E-state index contributed by atoms with van der Waals surface area (Å²) in [6.45, 7) is 11.3. The molecule has 3 aliphatic heterocycles. The highest BCUT2D eigenvalue weighted by Crippen LogP contribution is 2.38. The van der Waals surface area contributed by atoms with Gasteiger partial charge < -0.3 is 39.2 Å². The van der Waals surface area contributed by atoms with Gasteiger partial charge in [-0.15, -0.1) is 0 Å². The van der Waals surface area contributed by atoms with Crippen molar-refractivity contribution in [1.29, 1.82) is 0 Å². The van der Waals surface area contributed by atoms with E-state index in [-0.39, 0.29) is 93.1 Å². The Kier molecular flexibility index (Phi) is 23.6. The Labute approximate surface area is 562 Å². The molecule has 16 nitrogen and oxygen atoms in total. The number of nitrogens with one attached hydrogen (secondary N) is 2. The molecular formula is C68H68BBrCl2F4N8O8S. The van der Waals surface area contributed by atoms with Gasteiger partial charge in [-0.3, -0.25) is 19.2 Å². The number of carbonyl (C=O) groups excluding carboxylic acids is 4. The molecule has 2 aromatic heterocycles. The maximum absolute atomic E-state index is 15.4. The summed E-state index contributed by atoms with van der Waals surface area (Å²) in [4.78, 5) is 71.9. The molecule has 0 saturated carbocycles. The van der Waals surface area contributed by atoms with Crippen molar-refractivity contribution in [3.05, 3.63) is 195 Å². The second-order valence-corrected chi connectivity index (χ2v) is 24.9. The first-order chi connectivity index (χ1) is 43.8. The summed E-state index contributed by atoms with van der Waals surface area (Å²) < 4.78 is 82.7. The molecule has 0 radical (unpaired) electrons. The molecule has 4 amide bonds. The van der Waals surface area contributed by atoms with E-state index in [1.54, 1.807) is 135 Å². The lowest BCUT2D eigenvalue weighted by atomic mass is 9.81. The van der Waals surface area contributed by atoms with E-state index in [4.69, 9.17) is 42.0 Å². The van der Waals surface area contributed by atoms with Crippen molar-refractivity contribution in [1.82, 2.24) is 29.7 Å². The molecule has 6 aromatic carbocycles. The van der Waals surface area contributed by atoms with Crippen molar-refractivity contribution in [2.75, 3.05) is 37.9 Å².